The van der Waals surface area contributed by atoms with Crippen molar-refractivity contribution >= 4 is 11.9 Å². The number of carbonyl (C=O) groups is 1. The van der Waals surface area contributed by atoms with Crippen molar-refractivity contribution in [1.82, 2.24) is 20.5 Å². The van der Waals surface area contributed by atoms with E-state index in [9.17, 15) is 4.79 Å². The summed E-state index contributed by atoms with van der Waals surface area (Å²) in [4.78, 5) is 15.5. The minimum atomic E-state index is -0.135. The number of nitrogens with one attached hydrogen (secondary N) is 2. The van der Waals surface area contributed by atoms with Gasteiger partial charge in [-0.1, -0.05) is 0 Å². The third-order valence-corrected chi connectivity index (χ3v) is 2.13. The number of ether oxygens (including phenoxy) is 1. The van der Waals surface area contributed by atoms with Crippen molar-refractivity contribution in [3.8, 4) is 0 Å². The van der Waals surface area contributed by atoms with Crippen molar-refractivity contribution in [3.63, 3.8) is 0 Å². The molecule has 1 heterocycles. The number of hydrogen-bond donors (Lipinski definition) is 2. The van der Waals surface area contributed by atoms with Crippen LogP contribution in [0.3, 0.4) is 0 Å². The highest BCUT2D eigenvalue weighted by molar-refractivity contribution is 5.80. The van der Waals surface area contributed by atoms with Crippen LogP contribution < -0.4 is 10.6 Å². The van der Waals surface area contributed by atoms with Crippen molar-refractivity contribution in [2.24, 2.45) is 0 Å². The molecule has 0 aliphatic carbocycles. The molecule has 1 aromatic rings. The molecule has 0 radical (unpaired) electrons. The zero-order valence-electron chi connectivity index (χ0n) is 10.3. The highest BCUT2D eigenvalue weighted by Crippen LogP contribution is 2.00. The van der Waals surface area contributed by atoms with Crippen LogP contribution >= 0.6 is 0 Å². The van der Waals surface area contributed by atoms with E-state index in [1.807, 2.05) is 13.8 Å². The lowest BCUT2D eigenvalue weighted by atomic mass is 10.4. The maximum absolute atomic E-state index is 11.3. The maximum atomic E-state index is 11.3. The summed E-state index contributed by atoms with van der Waals surface area (Å²) in [6.07, 6.45) is 0. The van der Waals surface area contributed by atoms with Gasteiger partial charge in [0.1, 0.15) is 0 Å². The molecule has 1 amide bonds. The second-order valence-corrected chi connectivity index (χ2v) is 3.50. The lowest BCUT2D eigenvalue weighted by molar-refractivity contribution is -0.119. The lowest BCUT2D eigenvalue weighted by Gasteiger charge is -2.06. The minimum Gasteiger partial charge on any atom is -0.383 e. The largest absolute Gasteiger partial charge is 0.383 e. The van der Waals surface area contributed by atoms with E-state index in [0.29, 0.717) is 19.1 Å². The first-order valence-electron chi connectivity index (χ1n) is 5.31. The van der Waals surface area contributed by atoms with Crippen LogP contribution in [-0.2, 0) is 9.53 Å². The Labute approximate surface area is 100.0 Å². The number of methoxy groups -OCH3 is 1. The van der Waals surface area contributed by atoms with Gasteiger partial charge in [0.25, 0.3) is 0 Å². The van der Waals surface area contributed by atoms with Gasteiger partial charge in [0.05, 0.1) is 24.5 Å². The summed E-state index contributed by atoms with van der Waals surface area (Å²) in [5.41, 5.74) is 1.57. The van der Waals surface area contributed by atoms with Gasteiger partial charge in [0, 0.05) is 13.7 Å². The molecule has 94 valence electrons. The molecule has 1 rings (SSSR count). The molecule has 0 saturated carbocycles. The van der Waals surface area contributed by atoms with E-state index < -0.39 is 0 Å². The van der Waals surface area contributed by atoms with Crippen molar-refractivity contribution in [1.29, 1.82) is 0 Å². The molecule has 2 N–H and O–H groups in total. The van der Waals surface area contributed by atoms with Crippen LogP contribution in [0.2, 0.25) is 0 Å². The van der Waals surface area contributed by atoms with E-state index in [4.69, 9.17) is 4.74 Å². The molecule has 0 aromatic carbocycles. The summed E-state index contributed by atoms with van der Waals surface area (Å²) >= 11 is 0. The number of carbonyl (C=O) groups excluding carboxylic acids is 1. The molecule has 7 nitrogen and oxygen atoms in total. The Bertz CT molecular complexity index is 383. The summed E-state index contributed by atoms with van der Waals surface area (Å²) in [5, 5.41) is 13.2. The molecule has 1 aromatic heterocycles. The summed E-state index contributed by atoms with van der Waals surface area (Å²) in [5.74, 6) is 0.221. The van der Waals surface area contributed by atoms with E-state index in [1.54, 1.807) is 7.11 Å². The van der Waals surface area contributed by atoms with Gasteiger partial charge in [-0.05, 0) is 13.8 Å². The fourth-order valence-corrected chi connectivity index (χ4v) is 1.05. The number of aromatic nitrogens is 3. The van der Waals surface area contributed by atoms with Crippen LogP contribution in [0.4, 0.5) is 5.95 Å². The number of aryl methyl sites for hydroxylation is 2. The average Bonchev–Trinajstić information content (AvgIpc) is 2.31. The number of amides is 1. The normalized spacial score (nSPS) is 10.1. The van der Waals surface area contributed by atoms with Gasteiger partial charge in [0.15, 0.2) is 0 Å². The zero-order valence-corrected chi connectivity index (χ0v) is 10.3. The molecule has 0 atom stereocenters. The highest BCUT2D eigenvalue weighted by atomic mass is 16.5. The number of hydrogen-bond acceptors (Lipinski definition) is 6. The summed E-state index contributed by atoms with van der Waals surface area (Å²) in [6, 6.07) is 0. The van der Waals surface area contributed by atoms with Gasteiger partial charge in [0.2, 0.25) is 11.9 Å². The van der Waals surface area contributed by atoms with Crippen LogP contribution in [0.5, 0.6) is 0 Å². The molecule has 0 unspecified atom stereocenters. The second kappa shape index (κ2) is 6.74. The monoisotopic (exact) mass is 239 g/mol. The molecule has 0 saturated heterocycles. The fourth-order valence-electron chi connectivity index (χ4n) is 1.05. The summed E-state index contributed by atoms with van der Waals surface area (Å²) < 4.78 is 4.81. The predicted octanol–water partition coefficient (Wildman–Crippen LogP) is -0.337. The Hall–Kier alpha value is -1.76. The second-order valence-electron chi connectivity index (χ2n) is 3.50. The van der Waals surface area contributed by atoms with E-state index in [0.717, 1.165) is 11.4 Å². The molecule has 7 heteroatoms. The molecule has 0 spiro atoms. The van der Waals surface area contributed by atoms with Gasteiger partial charge >= 0.3 is 0 Å². The Morgan fingerprint density at radius 1 is 1.29 bits per heavy atom. The van der Waals surface area contributed by atoms with Crippen molar-refractivity contribution in [2.45, 2.75) is 13.8 Å². The van der Waals surface area contributed by atoms with Gasteiger partial charge in [-0.25, -0.2) is 4.98 Å². The Morgan fingerprint density at radius 2 is 2.06 bits per heavy atom. The topological polar surface area (TPSA) is 89.0 Å². The quantitative estimate of drug-likeness (QED) is 0.660. The molecule has 0 aliphatic rings. The van der Waals surface area contributed by atoms with E-state index in [2.05, 4.69) is 25.8 Å². The van der Waals surface area contributed by atoms with Crippen molar-refractivity contribution < 1.29 is 9.53 Å². The first-order chi connectivity index (χ1) is 8.13. The number of anilines is 1. The minimum absolute atomic E-state index is 0.119. The smallest absolute Gasteiger partial charge is 0.243 e. The number of nitrogens with zero attached hydrogens (tertiary/aromatic N) is 3. The molecule has 0 fully saturated rings. The Kier molecular flexibility index (Phi) is 5.28. The first-order valence-corrected chi connectivity index (χ1v) is 5.31. The van der Waals surface area contributed by atoms with E-state index in [1.165, 1.54) is 0 Å². The molecule has 0 bridgehead atoms. The van der Waals surface area contributed by atoms with Crippen LogP contribution in [0.1, 0.15) is 11.4 Å². The van der Waals surface area contributed by atoms with Gasteiger partial charge in [-0.15, -0.1) is 5.10 Å². The summed E-state index contributed by atoms with van der Waals surface area (Å²) in [7, 11) is 1.58. The van der Waals surface area contributed by atoms with E-state index in [-0.39, 0.29) is 12.5 Å². The third-order valence-electron chi connectivity index (χ3n) is 2.13. The van der Waals surface area contributed by atoms with Crippen molar-refractivity contribution in [2.75, 3.05) is 32.1 Å². The zero-order chi connectivity index (χ0) is 12.7. The Morgan fingerprint density at radius 3 is 2.71 bits per heavy atom. The van der Waals surface area contributed by atoms with Crippen LogP contribution in [-0.4, -0.2) is 47.9 Å². The van der Waals surface area contributed by atoms with Crippen LogP contribution in [0, 0.1) is 13.8 Å². The van der Waals surface area contributed by atoms with Crippen LogP contribution in [0.15, 0.2) is 0 Å². The first kappa shape index (κ1) is 13.3. The molecular formula is C10H17N5O2. The third kappa shape index (κ3) is 4.73. The Balaban J connectivity index is 2.34. The maximum Gasteiger partial charge on any atom is 0.243 e. The molecule has 17 heavy (non-hydrogen) atoms. The molecule has 0 aliphatic heterocycles. The highest BCUT2D eigenvalue weighted by Gasteiger charge is 2.04. The van der Waals surface area contributed by atoms with E-state index >= 15 is 0 Å². The standard InChI is InChI=1S/C10H17N5O2/c1-7-8(2)14-15-10(13-7)12-6-9(16)11-4-5-17-3/h4-6H2,1-3H3,(H,11,16)(H,12,13,15). The SMILES string of the molecule is COCCNC(=O)CNc1nnc(C)c(C)n1. The lowest BCUT2D eigenvalue weighted by Crippen LogP contribution is -2.32. The van der Waals surface area contributed by atoms with Crippen molar-refractivity contribution in [3.05, 3.63) is 11.4 Å². The van der Waals surface area contributed by atoms with Gasteiger partial charge < -0.3 is 15.4 Å². The van der Waals surface area contributed by atoms with Crippen LogP contribution in [0.25, 0.3) is 0 Å². The predicted molar refractivity (Wildman–Crippen MR) is 62.7 cm³/mol. The van der Waals surface area contributed by atoms with Gasteiger partial charge in [-0.3, -0.25) is 4.79 Å². The fraction of sp³-hybridized carbons (Fsp3) is 0.600. The average molecular weight is 239 g/mol. The van der Waals surface area contributed by atoms with Gasteiger partial charge in [-0.2, -0.15) is 5.10 Å². The number of rotatable bonds is 6. The molecular weight excluding hydrogens is 222 g/mol. The summed E-state index contributed by atoms with van der Waals surface area (Å²) in [6.45, 7) is 4.77.